The van der Waals surface area contributed by atoms with Gasteiger partial charge in [0, 0.05) is 24.5 Å². The molecule has 0 saturated heterocycles. The van der Waals surface area contributed by atoms with Gasteiger partial charge in [-0.05, 0) is 93.7 Å². The number of ether oxygens (including phenoxy) is 1. The Morgan fingerprint density at radius 1 is 1.21 bits per heavy atom. The summed E-state index contributed by atoms with van der Waals surface area (Å²) in [5, 5.41) is 18.3. The summed E-state index contributed by atoms with van der Waals surface area (Å²) in [7, 11) is 1.63. The second-order valence-corrected chi connectivity index (χ2v) is 13.1. The standard InChI is InChI=1S/C27H33FN2O3S.C4H10O.C2H6.C2H2/c1-15-12-27(3,4)8-7-18(15)20-10-22-25-21(9-17(28)13-29-25)23(14-33-5)30(34-6)26(22)16(2)19(20)11-24(31)32;1-4(2,3)5;2*1-2/h9-10,13,23H,7-8,11-12,14H2,1-6H3,(H,31,32);5H,1-3H3;1-2H3;1-2H/t23-;;;/m0.../s1. The first-order valence-corrected chi connectivity index (χ1v) is 15.9. The number of aliphatic hydroxyl groups is 1. The minimum absolute atomic E-state index is 0.0461. The molecule has 1 atom stereocenters. The molecular formula is C35H51FN2O4S. The molecule has 1 aromatic carbocycles. The number of allylic oxidation sites excluding steroid dienone is 2. The number of benzene rings is 1. The van der Waals surface area contributed by atoms with E-state index in [2.05, 4.69) is 49.0 Å². The quantitative estimate of drug-likeness (QED) is 0.249. The second kappa shape index (κ2) is 16.3. The topological polar surface area (TPSA) is 82.9 Å². The van der Waals surface area contributed by atoms with Gasteiger partial charge in [0.25, 0.3) is 0 Å². The zero-order chi connectivity index (χ0) is 33.3. The number of hydrogen-bond donors (Lipinski definition) is 2. The van der Waals surface area contributed by atoms with Crippen LogP contribution in [0.4, 0.5) is 10.1 Å². The first-order chi connectivity index (χ1) is 20.1. The molecule has 0 bridgehead atoms. The molecule has 6 nitrogen and oxygen atoms in total. The third-order valence-electron chi connectivity index (χ3n) is 7.16. The third kappa shape index (κ3) is 9.82. The van der Waals surface area contributed by atoms with Gasteiger partial charge in [-0.15, -0.1) is 12.8 Å². The minimum atomic E-state index is -0.848. The fourth-order valence-corrected chi connectivity index (χ4v) is 6.51. The Morgan fingerprint density at radius 3 is 2.28 bits per heavy atom. The predicted octanol–water partition coefficient (Wildman–Crippen LogP) is 8.65. The van der Waals surface area contributed by atoms with E-state index >= 15 is 0 Å². The highest BCUT2D eigenvalue weighted by molar-refractivity contribution is 8.00. The number of carboxylic acids is 1. The zero-order valence-corrected chi connectivity index (χ0v) is 28.7. The van der Waals surface area contributed by atoms with Crippen LogP contribution in [-0.2, 0) is 16.0 Å². The van der Waals surface area contributed by atoms with Gasteiger partial charge in [-0.2, -0.15) is 0 Å². The van der Waals surface area contributed by atoms with E-state index in [9.17, 15) is 14.3 Å². The number of carbonyl (C=O) groups is 1. The average Bonchev–Trinajstić information content (AvgIpc) is 2.91. The smallest absolute Gasteiger partial charge is 0.307 e. The van der Waals surface area contributed by atoms with Crippen molar-refractivity contribution in [1.29, 1.82) is 0 Å². The van der Waals surface area contributed by atoms with Gasteiger partial charge in [-0.25, -0.2) is 4.39 Å². The van der Waals surface area contributed by atoms with Crippen molar-refractivity contribution in [2.75, 3.05) is 24.3 Å². The first kappa shape index (κ1) is 38.2. The molecule has 8 heteroatoms. The van der Waals surface area contributed by atoms with Crippen LogP contribution >= 0.6 is 11.9 Å². The molecule has 0 fully saturated rings. The van der Waals surface area contributed by atoms with Crippen LogP contribution in [0.1, 0.15) is 103 Å². The summed E-state index contributed by atoms with van der Waals surface area (Å²) < 4.78 is 21.9. The molecular weight excluding hydrogens is 563 g/mol. The highest BCUT2D eigenvalue weighted by atomic mass is 32.2. The number of methoxy groups -OCH3 is 1. The molecule has 0 unspecified atom stereocenters. The molecule has 1 aromatic heterocycles. The van der Waals surface area contributed by atoms with Crippen molar-refractivity contribution in [3.63, 3.8) is 0 Å². The monoisotopic (exact) mass is 614 g/mol. The van der Waals surface area contributed by atoms with Crippen LogP contribution in [0.5, 0.6) is 0 Å². The molecule has 0 amide bonds. The van der Waals surface area contributed by atoms with Crippen LogP contribution in [0.2, 0.25) is 0 Å². The van der Waals surface area contributed by atoms with E-state index in [0.29, 0.717) is 6.61 Å². The number of carboxylic acid groups (broad SMARTS) is 1. The fraction of sp³-hybridized carbons (Fsp3) is 0.543. The third-order valence-corrected chi connectivity index (χ3v) is 7.99. The molecule has 2 aliphatic rings. The van der Waals surface area contributed by atoms with Crippen molar-refractivity contribution in [2.24, 2.45) is 5.41 Å². The van der Waals surface area contributed by atoms with E-state index in [1.165, 1.54) is 29.3 Å². The molecule has 238 valence electrons. The lowest BCUT2D eigenvalue weighted by molar-refractivity contribution is -0.136. The maximum absolute atomic E-state index is 14.3. The van der Waals surface area contributed by atoms with E-state index in [-0.39, 0.29) is 23.7 Å². The number of aliphatic carboxylic acids is 1. The number of aromatic nitrogens is 1. The largest absolute Gasteiger partial charge is 0.481 e. The summed E-state index contributed by atoms with van der Waals surface area (Å²) in [5.74, 6) is -1.23. The first-order valence-electron chi connectivity index (χ1n) is 14.7. The van der Waals surface area contributed by atoms with E-state index in [4.69, 9.17) is 9.84 Å². The van der Waals surface area contributed by atoms with E-state index in [0.717, 1.165) is 58.5 Å². The summed E-state index contributed by atoms with van der Waals surface area (Å²) in [6.45, 7) is 18.3. The molecule has 2 heterocycles. The van der Waals surface area contributed by atoms with Crippen LogP contribution in [0.15, 0.2) is 23.9 Å². The molecule has 4 rings (SSSR count). The molecule has 0 spiro atoms. The summed E-state index contributed by atoms with van der Waals surface area (Å²) in [6, 6.07) is 3.42. The summed E-state index contributed by atoms with van der Waals surface area (Å²) in [5.41, 5.74) is 8.45. The number of rotatable bonds is 6. The van der Waals surface area contributed by atoms with Gasteiger partial charge in [0.15, 0.2) is 0 Å². The fourth-order valence-electron chi connectivity index (χ4n) is 5.66. The highest BCUT2D eigenvalue weighted by Gasteiger charge is 2.36. The lowest BCUT2D eigenvalue weighted by Crippen LogP contribution is -2.31. The van der Waals surface area contributed by atoms with E-state index < -0.39 is 11.6 Å². The van der Waals surface area contributed by atoms with Crippen molar-refractivity contribution in [2.45, 2.75) is 99.6 Å². The lowest BCUT2D eigenvalue weighted by Gasteiger charge is -2.40. The second-order valence-electron chi connectivity index (χ2n) is 12.3. The highest BCUT2D eigenvalue weighted by Crippen LogP contribution is 2.52. The van der Waals surface area contributed by atoms with Crippen LogP contribution in [0.3, 0.4) is 0 Å². The minimum Gasteiger partial charge on any atom is -0.481 e. The van der Waals surface area contributed by atoms with Gasteiger partial charge < -0.3 is 19.3 Å². The molecule has 0 saturated carbocycles. The predicted molar refractivity (Wildman–Crippen MR) is 180 cm³/mol. The Balaban J connectivity index is 0.000000917. The normalized spacial score (nSPS) is 16.7. The van der Waals surface area contributed by atoms with Crippen LogP contribution in [-0.4, -0.2) is 46.7 Å². The molecule has 43 heavy (non-hydrogen) atoms. The van der Waals surface area contributed by atoms with Crippen LogP contribution in [0, 0.1) is 31.0 Å². The maximum atomic E-state index is 14.3. The Kier molecular flexibility index (Phi) is 14.4. The number of nitrogens with zero attached hydrogens (tertiary/aromatic N) is 2. The summed E-state index contributed by atoms with van der Waals surface area (Å²) in [6.07, 6.45) is 14.1. The number of fused-ring (bicyclic) bond motifs is 3. The van der Waals surface area contributed by atoms with Gasteiger partial charge in [-0.1, -0.05) is 45.2 Å². The molecule has 1 aliphatic carbocycles. The Morgan fingerprint density at radius 2 is 1.79 bits per heavy atom. The van der Waals surface area contributed by atoms with Gasteiger partial charge in [0.1, 0.15) is 5.82 Å². The SMILES string of the molecule is C#C.CC.CC(C)(C)O.COC[C@H]1c2cc(F)cnc2-c2cc(C3=C(C)CC(C)(C)CC3)c(CC(=O)O)c(C)c2N1SC. The summed E-state index contributed by atoms with van der Waals surface area (Å²) >= 11 is 1.53. The van der Waals surface area contributed by atoms with E-state index in [1.807, 2.05) is 27.0 Å². The van der Waals surface area contributed by atoms with Crippen LogP contribution < -0.4 is 4.31 Å². The summed E-state index contributed by atoms with van der Waals surface area (Å²) in [4.78, 5) is 16.5. The van der Waals surface area contributed by atoms with Crippen molar-refractivity contribution < 1.29 is 24.1 Å². The number of pyridine rings is 1. The van der Waals surface area contributed by atoms with Gasteiger partial charge in [-0.3, -0.25) is 9.78 Å². The molecule has 2 aromatic rings. The lowest BCUT2D eigenvalue weighted by atomic mass is 9.72. The molecule has 0 radical (unpaired) electrons. The van der Waals surface area contributed by atoms with Gasteiger partial charge >= 0.3 is 5.97 Å². The van der Waals surface area contributed by atoms with Crippen molar-refractivity contribution >= 4 is 29.2 Å². The molecule has 1 aliphatic heterocycles. The maximum Gasteiger partial charge on any atom is 0.307 e. The Labute approximate surface area is 263 Å². The average molecular weight is 615 g/mol. The number of anilines is 1. The Bertz CT molecular complexity index is 1310. The van der Waals surface area contributed by atoms with E-state index in [1.54, 1.807) is 33.9 Å². The number of hydrogen-bond acceptors (Lipinski definition) is 6. The van der Waals surface area contributed by atoms with Crippen molar-refractivity contribution in [3.05, 3.63) is 52.0 Å². The van der Waals surface area contributed by atoms with Gasteiger partial charge in [0.05, 0.1) is 42.2 Å². The van der Waals surface area contributed by atoms with Crippen molar-refractivity contribution in [3.8, 4) is 24.1 Å². The number of halogens is 1. The van der Waals surface area contributed by atoms with Crippen molar-refractivity contribution in [1.82, 2.24) is 4.98 Å². The molecule has 2 N–H and O–H groups in total. The number of terminal acetylenes is 1. The van der Waals surface area contributed by atoms with Crippen LogP contribution in [0.25, 0.3) is 16.8 Å². The van der Waals surface area contributed by atoms with Gasteiger partial charge in [0.2, 0.25) is 0 Å². The zero-order valence-electron chi connectivity index (χ0n) is 27.9. The Hall–Kier alpha value is -2.86.